The minimum atomic E-state index is -3.16. The molecule has 0 aliphatic heterocycles. The van der Waals surface area contributed by atoms with Crippen molar-refractivity contribution in [3.05, 3.63) is 52.0 Å². The number of aromatic nitrogens is 4. The van der Waals surface area contributed by atoms with Crippen LogP contribution >= 0.6 is 11.6 Å². The third-order valence-corrected chi connectivity index (χ3v) is 5.17. The summed E-state index contributed by atoms with van der Waals surface area (Å²) >= 11 is 5.65. The molecule has 0 aliphatic carbocycles. The van der Waals surface area contributed by atoms with E-state index in [2.05, 4.69) is 20.8 Å². The third-order valence-electron chi connectivity index (χ3n) is 4.78. The zero-order valence-electron chi connectivity index (χ0n) is 19.0. The SMILES string of the molecule is CCn1cc(NC(=O)c2ccc(Cn3nc(C(F)F)c(Cl)c3C(F)F)o2)c(C(=O)NCC(C)C)n1. The van der Waals surface area contributed by atoms with Crippen LogP contribution in [0.1, 0.15) is 71.8 Å². The van der Waals surface area contributed by atoms with Crippen molar-refractivity contribution in [1.82, 2.24) is 24.9 Å². The lowest BCUT2D eigenvalue weighted by molar-refractivity contribution is 0.0944. The Morgan fingerprint density at radius 1 is 1.11 bits per heavy atom. The molecule has 0 saturated carbocycles. The van der Waals surface area contributed by atoms with E-state index in [0.29, 0.717) is 17.8 Å². The predicted octanol–water partition coefficient (Wildman–Crippen LogP) is 4.91. The van der Waals surface area contributed by atoms with Gasteiger partial charge in [0.25, 0.3) is 24.7 Å². The van der Waals surface area contributed by atoms with E-state index in [1.54, 1.807) is 0 Å². The minimum Gasteiger partial charge on any atom is -0.454 e. The second kappa shape index (κ2) is 10.9. The average Bonchev–Trinajstić information content (AvgIpc) is 3.49. The number of nitrogens with one attached hydrogen (secondary N) is 2. The average molecular weight is 519 g/mol. The van der Waals surface area contributed by atoms with Gasteiger partial charge in [-0.05, 0) is 25.0 Å². The van der Waals surface area contributed by atoms with Gasteiger partial charge in [-0.2, -0.15) is 10.2 Å². The molecule has 9 nitrogen and oxygen atoms in total. The smallest absolute Gasteiger partial charge is 0.291 e. The highest BCUT2D eigenvalue weighted by Gasteiger charge is 2.28. The van der Waals surface area contributed by atoms with Gasteiger partial charge in [0.15, 0.2) is 11.5 Å². The first-order chi connectivity index (χ1) is 16.5. The molecule has 2 amide bonds. The lowest BCUT2D eigenvalue weighted by Gasteiger charge is -2.07. The van der Waals surface area contributed by atoms with Crippen LogP contribution in [-0.2, 0) is 13.1 Å². The fourth-order valence-corrected chi connectivity index (χ4v) is 3.38. The summed E-state index contributed by atoms with van der Waals surface area (Å²) in [4.78, 5) is 25.2. The Morgan fingerprint density at radius 2 is 1.83 bits per heavy atom. The van der Waals surface area contributed by atoms with E-state index < -0.39 is 47.6 Å². The first kappa shape index (κ1) is 26.3. The van der Waals surface area contributed by atoms with Gasteiger partial charge in [0.2, 0.25) is 0 Å². The van der Waals surface area contributed by atoms with Crippen LogP contribution in [0.25, 0.3) is 0 Å². The number of rotatable bonds is 10. The maximum Gasteiger partial charge on any atom is 0.291 e. The minimum absolute atomic E-state index is 0.00353. The first-order valence-corrected chi connectivity index (χ1v) is 11.0. The standard InChI is InChI=1S/C21H23ClF4N6O3/c1-4-31-9-12(15(29-31)21(34)27-7-10(2)3)28-20(33)13-6-5-11(35-13)8-32-17(19(25)26)14(22)16(30-32)18(23)24/h5-6,9-10,18-19H,4,7-8H2,1-3H3,(H,27,34)(H,28,33). The van der Waals surface area contributed by atoms with Crippen LogP contribution in [-0.4, -0.2) is 37.9 Å². The molecule has 0 aromatic carbocycles. The largest absolute Gasteiger partial charge is 0.454 e. The molecule has 0 unspecified atom stereocenters. The number of carbonyl (C=O) groups is 2. The number of nitrogens with zero attached hydrogens (tertiary/aromatic N) is 4. The molecule has 3 aromatic heterocycles. The summed E-state index contributed by atoms with van der Waals surface area (Å²) in [5.41, 5.74) is -1.69. The maximum absolute atomic E-state index is 13.4. The van der Waals surface area contributed by atoms with Gasteiger partial charge in [0, 0.05) is 19.3 Å². The summed E-state index contributed by atoms with van der Waals surface area (Å²) in [6.07, 6.45) is -4.82. The van der Waals surface area contributed by atoms with Gasteiger partial charge < -0.3 is 15.1 Å². The molecule has 0 aliphatic rings. The van der Waals surface area contributed by atoms with Crippen molar-refractivity contribution in [1.29, 1.82) is 0 Å². The third kappa shape index (κ3) is 6.02. The normalized spacial score (nSPS) is 11.6. The molecule has 3 aromatic rings. The molecule has 0 radical (unpaired) electrons. The van der Waals surface area contributed by atoms with E-state index in [-0.39, 0.29) is 28.8 Å². The summed E-state index contributed by atoms with van der Waals surface area (Å²) in [6, 6.07) is 2.59. The number of carbonyl (C=O) groups excluding carboxylic acids is 2. The zero-order valence-corrected chi connectivity index (χ0v) is 19.7. The van der Waals surface area contributed by atoms with E-state index in [9.17, 15) is 27.2 Å². The van der Waals surface area contributed by atoms with Crippen LogP contribution in [0.15, 0.2) is 22.7 Å². The van der Waals surface area contributed by atoms with E-state index in [0.717, 1.165) is 0 Å². The summed E-state index contributed by atoms with van der Waals surface area (Å²) in [6.45, 7) is 6.07. The number of hydrogen-bond donors (Lipinski definition) is 2. The number of hydrogen-bond acceptors (Lipinski definition) is 5. The zero-order chi connectivity index (χ0) is 25.9. The highest BCUT2D eigenvalue weighted by molar-refractivity contribution is 6.32. The van der Waals surface area contributed by atoms with Gasteiger partial charge in [-0.25, -0.2) is 17.6 Å². The van der Waals surface area contributed by atoms with Crippen LogP contribution in [0.4, 0.5) is 23.2 Å². The van der Waals surface area contributed by atoms with Crippen molar-refractivity contribution in [2.75, 3.05) is 11.9 Å². The van der Waals surface area contributed by atoms with Gasteiger partial charge >= 0.3 is 0 Å². The highest BCUT2D eigenvalue weighted by Crippen LogP contribution is 2.35. The van der Waals surface area contributed by atoms with Gasteiger partial charge in [0.1, 0.15) is 17.1 Å². The van der Waals surface area contributed by atoms with E-state index in [1.807, 2.05) is 20.8 Å². The molecule has 2 N–H and O–H groups in total. The van der Waals surface area contributed by atoms with Crippen molar-refractivity contribution < 1.29 is 31.6 Å². The van der Waals surface area contributed by atoms with Crippen LogP contribution in [0.5, 0.6) is 0 Å². The van der Waals surface area contributed by atoms with E-state index in [1.165, 1.54) is 23.0 Å². The Labute approximate surface area is 202 Å². The highest BCUT2D eigenvalue weighted by atomic mass is 35.5. The summed E-state index contributed by atoms with van der Waals surface area (Å²) in [5, 5.41) is 12.1. The number of amides is 2. The van der Waals surface area contributed by atoms with Crippen molar-refractivity contribution in [2.24, 2.45) is 5.92 Å². The molecule has 3 heterocycles. The molecule has 0 saturated heterocycles. The number of furan rings is 1. The summed E-state index contributed by atoms with van der Waals surface area (Å²) in [5.74, 6) is -1.20. The van der Waals surface area contributed by atoms with Gasteiger partial charge in [0.05, 0.1) is 17.3 Å². The number of anilines is 1. The number of halogens is 5. The number of alkyl halides is 4. The van der Waals surface area contributed by atoms with E-state index in [4.69, 9.17) is 16.0 Å². The molecule has 3 rings (SSSR count). The molecular weight excluding hydrogens is 496 g/mol. The second-order valence-corrected chi connectivity index (χ2v) is 8.29. The molecule has 0 fully saturated rings. The quantitative estimate of drug-likeness (QED) is 0.371. The summed E-state index contributed by atoms with van der Waals surface area (Å²) < 4.78 is 60.2. The van der Waals surface area contributed by atoms with Crippen molar-refractivity contribution in [3.63, 3.8) is 0 Å². The molecule has 0 spiro atoms. The predicted molar refractivity (Wildman–Crippen MR) is 118 cm³/mol. The topological polar surface area (TPSA) is 107 Å². The summed E-state index contributed by atoms with van der Waals surface area (Å²) in [7, 11) is 0. The monoisotopic (exact) mass is 518 g/mol. The van der Waals surface area contributed by atoms with Gasteiger partial charge in [-0.3, -0.25) is 19.0 Å². The molecular formula is C21H23ClF4N6O3. The Balaban J connectivity index is 1.78. The molecule has 14 heteroatoms. The van der Waals surface area contributed by atoms with Crippen LogP contribution in [0, 0.1) is 5.92 Å². The Bertz CT molecular complexity index is 1200. The van der Waals surface area contributed by atoms with Crippen molar-refractivity contribution >= 4 is 29.1 Å². The van der Waals surface area contributed by atoms with Crippen LogP contribution < -0.4 is 10.6 Å². The maximum atomic E-state index is 13.4. The first-order valence-electron chi connectivity index (χ1n) is 10.6. The van der Waals surface area contributed by atoms with Crippen molar-refractivity contribution in [2.45, 2.75) is 46.7 Å². The lowest BCUT2D eigenvalue weighted by atomic mass is 10.2. The Morgan fingerprint density at radius 3 is 2.43 bits per heavy atom. The molecule has 35 heavy (non-hydrogen) atoms. The van der Waals surface area contributed by atoms with Gasteiger partial charge in [-0.1, -0.05) is 25.4 Å². The van der Waals surface area contributed by atoms with E-state index >= 15 is 0 Å². The molecule has 0 bridgehead atoms. The number of aryl methyl sites for hydroxylation is 1. The fourth-order valence-electron chi connectivity index (χ4n) is 3.08. The lowest BCUT2D eigenvalue weighted by Crippen LogP contribution is -2.28. The Hall–Kier alpha value is -3.35. The molecule has 190 valence electrons. The van der Waals surface area contributed by atoms with Crippen LogP contribution in [0.2, 0.25) is 5.02 Å². The Kier molecular flexibility index (Phi) is 8.20. The van der Waals surface area contributed by atoms with Gasteiger partial charge in [-0.15, -0.1) is 0 Å². The molecule has 0 atom stereocenters. The van der Waals surface area contributed by atoms with Crippen LogP contribution in [0.3, 0.4) is 0 Å². The second-order valence-electron chi connectivity index (χ2n) is 7.91. The fraction of sp³-hybridized carbons (Fsp3) is 0.429. The van der Waals surface area contributed by atoms with Crippen molar-refractivity contribution in [3.8, 4) is 0 Å².